The van der Waals surface area contributed by atoms with Crippen molar-refractivity contribution in [3.8, 4) is 0 Å². The molecule has 2 nitrogen and oxygen atoms in total. The van der Waals surface area contributed by atoms with Crippen molar-refractivity contribution in [3.63, 3.8) is 0 Å². The number of hydrogen-bond acceptors (Lipinski definition) is 1. The molecule has 1 aromatic rings. The highest BCUT2D eigenvalue weighted by atomic mass is 19.2. The first-order valence-corrected chi connectivity index (χ1v) is 4.62. The smallest absolute Gasteiger partial charge is 0.311 e. The third-order valence-corrected chi connectivity index (χ3v) is 2.25. The molecule has 15 heavy (non-hydrogen) atoms. The third kappa shape index (κ3) is 2.32. The fraction of sp³-hybridized carbons (Fsp3) is 0.364. The SMILES string of the molecule is CC(C)[C@H](C(=O)O)c1cccc(F)c1F. The molecule has 0 unspecified atom stereocenters. The van der Waals surface area contributed by atoms with Crippen LogP contribution in [0.1, 0.15) is 25.3 Å². The summed E-state index contributed by atoms with van der Waals surface area (Å²) < 4.78 is 26.2. The molecule has 1 rings (SSSR count). The first-order chi connectivity index (χ1) is 6.95. The number of rotatable bonds is 3. The highest BCUT2D eigenvalue weighted by molar-refractivity contribution is 5.76. The van der Waals surface area contributed by atoms with Gasteiger partial charge in [-0.05, 0) is 12.0 Å². The average Bonchev–Trinajstić information content (AvgIpc) is 2.11. The molecule has 1 atom stereocenters. The second-order valence-corrected chi connectivity index (χ2v) is 3.70. The maximum Gasteiger partial charge on any atom is 0.311 e. The van der Waals surface area contributed by atoms with Gasteiger partial charge in [-0.2, -0.15) is 0 Å². The van der Waals surface area contributed by atoms with E-state index >= 15 is 0 Å². The predicted octanol–water partition coefficient (Wildman–Crippen LogP) is 2.79. The lowest BCUT2D eigenvalue weighted by Gasteiger charge is -2.17. The van der Waals surface area contributed by atoms with Crippen LogP contribution in [0.25, 0.3) is 0 Å². The Bertz CT molecular complexity index is 375. The number of aliphatic carboxylic acids is 1. The van der Waals surface area contributed by atoms with Crippen molar-refractivity contribution in [1.29, 1.82) is 0 Å². The highest BCUT2D eigenvalue weighted by Crippen LogP contribution is 2.27. The summed E-state index contributed by atoms with van der Waals surface area (Å²) in [6, 6.07) is 3.58. The number of hydrogen-bond donors (Lipinski definition) is 1. The summed E-state index contributed by atoms with van der Waals surface area (Å²) in [6.45, 7) is 3.31. The molecular weight excluding hydrogens is 202 g/mol. The van der Waals surface area contributed by atoms with Crippen LogP contribution in [-0.4, -0.2) is 11.1 Å². The van der Waals surface area contributed by atoms with Gasteiger partial charge in [0.05, 0.1) is 5.92 Å². The van der Waals surface area contributed by atoms with E-state index in [0.29, 0.717) is 0 Å². The third-order valence-electron chi connectivity index (χ3n) is 2.25. The number of carbonyl (C=O) groups is 1. The van der Waals surface area contributed by atoms with E-state index in [-0.39, 0.29) is 11.5 Å². The monoisotopic (exact) mass is 214 g/mol. The van der Waals surface area contributed by atoms with Crippen LogP contribution in [0.5, 0.6) is 0 Å². The van der Waals surface area contributed by atoms with Crippen molar-refractivity contribution in [3.05, 3.63) is 35.4 Å². The van der Waals surface area contributed by atoms with Gasteiger partial charge in [-0.3, -0.25) is 4.79 Å². The summed E-state index contributed by atoms with van der Waals surface area (Å²) in [5.74, 6) is -4.54. The molecule has 0 heterocycles. The molecular formula is C11H12F2O2. The van der Waals surface area contributed by atoms with Gasteiger partial charge in [-0.1, -0.05) is 26.0 Å². The minimum absolute atomic E-state index is 0.0995. The minimum Gasteiger partial charge on any atom is -0.481 e. The van der Waals surface area contributed by atoms with Crippen molar-refractivity contribution in [2.24, 2.45) is 5.92 Å². The average molecular weight is 214 g/mol. The summed E-state index contributed by atoms with van der Waals surface area (Å²) in [7, 11) is 0. The van der Waals surface area contributed by atoms with E-state index in [4.69, 9.17) is 5.11 Å². The largest absolute Gasteiger partial charge is 0.481 e. The van der Waals surface area contributed by atoms with Crippen LogP contribution in [0.3, 0.4) is 0 Å². The van der Waals surface area contributed by atoms with Crippen LogP contribution < -0.4 is 0 Å². The van der Waals surface area contributed by atoms with Crippen LogP contribution in [0.2, 0.25) is 0 Å². The molecule has 0 radical (unpaired) electrons. The van der Waals surface area contributed by atoms with Crippen LogP contribution in [-0.2, 0) is 4.79 Å². The van der Waals surface area contributed by atoms with E-state index in [1.54, 1.807) is 13.8 Å². The Balaban J connectivity index is 3.23. The van der Waals surface area contributed by atoms with E-state index in [9.17, 15) is 13.6 Å². The van der Waals surface area contributed by atoms with E-state index in [0.717, 1.165) is 6.07 Å². The minimum atomic E-state index is -1.14. The van der Waals surface area contributed by atoms with E-state index < -0.39 is 23.5 Å². The van der Waals surface area contributed by atoms with Gasteiger partial charge < -0.3 is 5.11 Å². The number of carboxylic acids is 1. The van der Waals surface area contributed by atoms with E-state index in [1.165, 1.54) is 12.1 Å². The fourth-order valence-electron chi connectivity index (χ4n) is 1.54. The first kappa shape index (κ1) is 11.6. The maximum atomic E-state index is 13.3. The van der Waals surface area contributed by atoms with Crippen molar-refractivity contribution in [2.45, 2.75) is 19.8 Å². The van der Waals surface area contributed by atoms with Crippen LogP contribution in [0.4, 0.5) is 8.78 Å². The first-order valence-electron chi connectivity index (χ1n) is 4.62. The molecule has 0 fully saturated rings. The molecule has 82 valence electrons. The number of carboxylic acid groups (broad SMARTS) is 1. The van der Waals surface area contributed by atoms with E-state index in [2.05, 4.69) is 0 Å². The Morgan fingerprint density at radius 2 is 1.93 bits per heavy atom. The standard InChI is InChI=1S/C11H12F2O2/c1-6(2)9(11(14)15)7-4-3-5-8(12)10(7)13/h3-6,9H,1-2H3,(H,14,15)/t9-/m0/s1. The Labute approximate surface area is 86.5 Å². The lowest BCUT2D eigenvalue weighted by Crippen LogP contribution is -2.19. The Kier molecular flexibility index (Phi) is 3.39. The Morgan fingerprint density at radius 1 is 1.33 bits per heavy atom. The molecule has 0 amide bonds. The van der Waals surface area contributed by atoms with Gasteiger partial charge >= 0.3 is 5.97 Å². The fourth-order valence-corrected chi connectivity index (χ4v) is 1.54. The summed E-state index contributed by atoms with van der Waals surface area (Å²) >= 11 is 0. The normalized spacial score (nSPS) is 12.9. The van der Waals surface area contributed by atoms with Crippen LogP contribution >= 0.6 is 0 Å². The zero-order valence-electron chi connectivity index (χ0n) is 8.50. The van der Waals surface area contributed by atoms with Gasteiger partial charge in [-0.25, -0.2) is 8.78 Å². The highest BCUT2D eigenvalue weighted by Gasteiger charge is 2.27. The Hall–Kier alpha value is -1.45. The van der Waals surface area contributed by atoms with Gasteiger partial charge in [0.2, 0.25) is 0 Å². The number of benzene rings is 1. The topological polar surface area (TPSA) is 37.3 Å². The zero-order valence-corrected chi connectivity index (χ0v) is 8.50. The quantitative estimate of drug-likeness (QED) is 0.840. The lowest BCUT2D eigenvalue weighted by molar-refractivity contribution is -0.139. The summed E-state index contributed by atoms with van der Waals surface area (Å²) in [5, 5.41) is 8.92. The molecule has 0 aliphatic rings. The molecule has 4 heteroatoms. The van der Waals surface area contributed by atoms with Gasteiger partial charge in [0.25, 0.3) is 0 Å². The molecule has 0 aliphatic heterocycles. The van der Waals surface area contributed by atoms with Crippen LogP contribution in [0, 0.1) is 17.6 Å². The van der Waals surface area contributed by atoms with Crippen LogP contribution in [0.15, 0.2) is 18.2 Å². The predicted molar refractivity (Wildman–Crippen MR) is 51.6 cm³/mol. The molecule has 1 N–H and O–H groups in total. The second-order valence-electron chi connectivity index (χ2n) is 3.70. The van der Waals surface area contributed by atoms with E-state index in [1.807, 2.05) is 0 Å². The van der Waals surface area contributed by atoms with Gasteiger partial charge in [0.15, 0.2) is 11.6 Å². The summed E-state index contributed by atoms with van der Waals surface area (Å²) in [6.07, 6.45) is 0. The van der Waals surface area contributed by atoms with Crippen molar-refractivity contribution in [2.75, 3.05) is 0 Å². The van der Waals surface area contributed by atoms with Crippen molar-refractivity contribution in [1.82, 2.24) is 0 Å². The maximum absolute atomic E-state index is 13.3. The van der Waals surface area contributed by atoms with Crippen molar-refractivity contribution < 1.29 is 18.7 Å². The number of halogens is 2. The molecule has 0 spiro atoms. The summed E-state index contributed by atoms with van der Waals surface area (Å²) in [5.41, 5.74) is -0.0995. The molecule has 1 aromatic carbocycles. The summed E-state index contributed by atoms with van der Waals surface area (Å²) in [4.78, 5) is 10.9. The second kappa shape index (κ2) is 4.38. The lowest BCUT2D eigenvalue weighted by atomic mass is 9.88. The van der Waals surface area contributed by atoms with Gasteiger partial charge in [0.1, 0.15) is 0 Å². The molecule has 0 saturated carbocycles. The molecule has 0 aromatic heterocycles. The molecule has 0 bridgehead atoms. The van der Waals surface area contributed by atoms with Gasteiger partial charge in [0, 0.05) is 5.56 Å². The Morgan fingerprint density at radius 3 is 2.40 bits per heavy atom. The molecule has 0 saturated heterocycles. The molecule has 0 aliphatic carbocycles. The van der Waals surface area contributed by atoms with Gasteiger partial charge in [-0.15, -0.1) is 0 Å². The zero-order chi connectivity index (χ0) is 11.6. The van der Waals surface area contributed by atoms with Crippen molar-refractivity contribution >= 4 is 5.97 Å².